The number of nitrogens with two attached hydrogens (primary N) is 2. The minimum absolute atomic E-state index is 0.725. The summed E-state index contributed by atoms with van der Waals surface area (Å²) in [7, 11) is 1.86. The lowest BCUT2D eigenvalue weighted by atomic mass is 10.0. The second-order valence-electron chi connectivity index (χ2n) is 3.61. The largest absolute Gasteiger partial charge is 0.398 e. The molecule has 0 bridgehead atoms. The topological polar surface area (TPSA) is 64.1 Å². The van der Waals surface area contributed by atoms with Gasteiger partial charge in [0.15, 0.2) is 0 Å². The summed E-state index contributed by atoms with van der Waals surface area (Å²) in [5, 5.41) is 3.11. The van der Waals surface area contributed by atoms with E-state index in [-0.39, 0.29) is 0 Å². The van der Waals surface area contributed by atoms with Gasteiger partial charge in [0.25, 0.3) is 0 Å². The molecule has 0 aliphatic carbocycles. The van der Waals surface area contributed by atoms with Gasteiger partial charge in [-0.25, -0.2) is 0 Å². The molecule has 0 saturated heterocycles. The summed E-state index contributed by atoms with van der Waals surface area (Å²) >= 11 is 0. The van der Waals surface area contributed by atoms with E-state index < -0.39 is 0 Å². The number of hydrogen-bond acceptors (Lipinski definition) is 3. The Kier molecular flexibility index (Phi) is 2.68. The molecule has 2 aromatic carbocycles. The average molecular weight is 213 g/mol. The quantitative estimate of drug-likeness (QED) is 0.672. The van der Waals surface area contributed by atoms with Gasteiger partial charge in [-0.05, 0) is 12.1 Å². The van der Waals surface area contributed by atoms with Crippen molar-refractivity contribution in [1.29, 1.82) is 0 Å². The minimum atomic E-state index is 0.725. The fourth-order valence-electron chi connectivity index (χ4n) is 1.82. The van der Waals surface area contributed by atoms with E-state index >= 15 is 0 Å². The van der Waals surface area contributed by atoms with Crippen LogP contribution in [0.5, 0.6) is 0 Å². The van der Waals surface area contributed by atoms with Gasteiger partial charge in [-0.15, -0.1) is 0 Å². The minimum Gasteiger partial charge on any atom is -0.398 e. The number of nitrogens with one attached hydrogen (secondary N) is 1. The first-order valence-corrected chi connectivity index (χ1v) is 5.15. The molecule has 0 spiro atoms. The van der Waals surface area contributed by atoms with Crippen LogP contribution in [-0.4, -0.2) is 7.05 Å². The van der Waals surface area contributed by atoms with Crippen LogP contribution in [-0.2, 0) is 0 Å². The molecule has 3 heteroatoms. The fourth-order valence-corrected chi connectivity index (χ4v) is 1.82. The number of para-hydroxylation sites is 2. The van der Waals surface area contributed by atoms with Gasteiger partial charge in [0.1, 0.15) is 0 Å². The van der Waals surface area contributed by atoms with E-state index in [2.05, 4.69) is 5.32 Å². The number of benzene rings is 2. The zero-order chi connectivity index (χ0) is 11.5. The lowest BCUT2D eigenvalue weighted by molar-refractivity contribution is 1.50. The molecule has 0 radical (unpaired) electrons. The van der Waals surface area contributed by atoms with Crippen LogP contribution in [0.1, 0.15) is 0 Å². The zero-order valence-electron chi connectivity index (χ0n) is 9.20. The molecular formula is C13H15N3. The van der Waals surface area contributed by atoms with Crippen molar-refractivity contribution in [2.24, 2.45) is 0 Å². The number of nitrogen functional groups attached to an aromatic ring is 2. The molecule has 0 heterocycles. The lowest BCUT2D eigenvalue weighted by Crippen LogP contribution is -1.99. The molecule has 0 amide bonds. The highest BCUT2D eigenvalue weighted by atomic mass is 14.9. The first-order chi connectivity index (χ1) is 7.74. The highest BCUT2D eigenvalue weighted by Crippen LogP contribution is 2.35. The Labute approximate surface area is 95.1 Å². The summed E-state index contributed by atoms with van der Waals surface area (Å²) in [5.41, 5.74) is 16.3. The van der Waals surface area contributed by atoms with Crippen molar-refractivity contribution in [1.82, 2.24) is 0 Å². The van der Waals surface area contributed by atoms with Crippen LogP contribution in [0, 0.1) is 0 Å². The van der Waals surface area contributed by atoms with Crippen molar-refractivity contribution in [2.45, 2.75) is 0 Å². The van der Waals surface area contributed by atoms with Crippen LogP contribution in [0.25, 0.3) is 11.1 Å². The Bertz CT molecular complexity index is 506. The Balaban J connectivity index is 2.65. The van der Waals surface area contributed by atoms with E-state index in [1.165, 1.54) is 0 Å². The summed E-state index contributed by atoms with van der Waals surface area (Å²) < 4.78 is 0. The highest BCUT2D eigenvalue weighted by Gasteiger charge is 2.08. The van der Waals surface area contributed by atoms with Crippen molar-refractivity contribution in [3.05, 3.63) is 42.5 Å². The summed E-state index contributed by atoms with van der Waals surface area (Å²) in [6.07, 6.45) is 0. The van der Waals surface area contributed by atoms with Crippen molar-refractivity contribution in [2.75, 3.05) is 23.8 Å². The third-order valence-electron chi connectivity index (χ3n) is 2.60. The maximum Gasteiger partial charge on any atom is 0.0651 e. The van der Waals surface area contributed by atoms with Gasteiger partial charge in [-0.3, -0.25) is 0 Å². The highest BCUT2D eigenvalue weighted by molar-refractivity contribution is 5.90. The summed E-state index contributed by atoms with van der Waals surface area (Å²) in [6, 6.07) is 13.6. The van der Waals surface area contributed by atoms with Gasteiger partial charge >= 0.3 is 0 Å². The molecular weight excluding hydrogens is 198 g/mol. The Morgan fingerprint density at radius 2 is 1.44 bits per heavy atom. The normalized spacial score (nSPS) is 10.1. The Morgan fingerprint density at radius 1 is 0.812 bits per heavy atom. The van der Waals surface area contributed by atoms with Crippen LogP contribution in [0.3, 0.4) is 0 Å². The van der Waals surface area contributed by atoms with Gasteiger partial charge < -0.3 is 16.8 Å². The average Bonchev–Trinajstić information content (AvgIpc) is 2.29. The molecule has 2 aromatic rings. The molecule has 0 aliphatic heterocycles. The van der Waals surface area contributed by atoms with E-state index in [1.807, 2.05) is 49.5 Å². The van der Waals surface area contributed by atoms with E-state index in [0.29, 0.717) is 0 Å². The van der Waals surface area contributed by atoms with Gasteiger partial charge in [0.05, 0.1) is 11.4 Å². The van der Waals surface area contributed by atoms with Gasteiger partial charge in [0, 0.05) is 23.9 Å². The van der Waals surface area contributed by atoms with Crippen molar-refractivity contribution in [3.8, 4) is 11.1 Å². The monoisotopic (exact) mass is 213 g/mol. The third kappa shape index (κ3) is 1.67. The van der Waals surface area contributed by atoms with Gasteiger partial charge in [-0.2, -0.15) is 0 Å². The number of hydrogen-bond donors (Lipinski definition) is 3. The number of anilines is 3. The van der Waals surface area contributed by atoms with E-state index in [1.54, 1.807) is 0 Å². The zero-order valence-corrected chi connectivity index (χ0v) is 9.20. The fraction of sp³-hybridized carbons (Fsp3) is 0.0769. The second kappa shape index (κ2) is 4.14. The molecule has 0 fully saturated rings. The Hall–Kier alpha value is -2.16. The maximum atomic E-state index is 5.96. The molecule has 5 N–H and O–H groups in total. The summed E-state index contributed by atoms with van der Waals surface area (Å²) in [6.45, 7) is 0. The van der Waals surface area contributed by atoms with E-state index in [9.17, 15) is 0 Å². The second-order valence-corrected chi connectivity index (χ2v) is 3.61. The smallest absolute Gasteiger partial charge is 0.0651 e. The van der Waals surface area contributed by atoms with Crippen LogP contribution in [0.15, 0.2) is 42.5 Å². The Morgan fingerprint density at radius 3 is 2.12 bits per heavy atom. The predicted molar refractivity (Wildman–Crippen MR) is 70.2 cm³/mol. The third-order valence-corrected chi connectivity index (χ3v) is 2.60. The molecule has 0 aliphatic rings. The van der Waals surface area contributed by atoms with E-state index in [0.717, 1.165) is 28.2 Å². The van der Waals surface area contributed by atoms with Gasteiger partial charge in [-0.1, -0.05) is 30.3 Å². The summed E-state index contributed by atoms with van der Waals surface area (Å²) in [4.78, 5) is 0. The molecule has 0 atom stereocenters. The SMILES string of the molecule is CNc1c(N)cccc1-c1ccccc1N. The lowest BCUT2D eigenvalue weighted by Gasteiger charge is -2.13. The first-order valence-electron chi connectivity index (χ1n) is 5.15. The maximum absolute atomic E-state index is 5.96. The van der Waals surface area contributed by atoms with Crippen molar-refractivity contribution in [3.63, 3.8) is 0 Å². The molecule has 0 saturated carbocycles. The van der Waals surface area contributed by atoms with Crippen LogP contribution >= 0.6 is 0 Å². The molecule has 82 valence electrons. The summed E-state index contributed by atoms with van der Waals surface area (Å²) in [5.74, 6) is 0. The molecule has 0 aromatic heterocycles. The van der Waals surface area contributed by atoms with E-state index in [4.69, 9.17) is 11.5 Å². The number of rotatable bonds is 2. The van der Waals surface area contributed by atoms with Crippen LogP contribution < -0.4 is 16.8 Å². The predicted octanol–water partition coefficient (Wildman–Crippen LogP) is 2.56. The van der Waals surface area contributed by atoms with Crippen molar-refractivity contribution >= 4 is 17.1 Å². The molecule has 2 rings (SSSR count). The van der Waals surface area contributed by atoms with Crippen molar-refractivity contribution < 1.29 is 0 Å². The first kappa shape index (κ1) is 10.4. The van der Waals surface area contributed by atoms with Crippen LogP contribution in [0.2, 0.25) is 0 Å². The molecule has 16 heavy (non-hydrogen) atoms. The van der Waals surface area contributed by atoms with Crippen LogP contribution in [0.4, 0.5) is 17.1 Å². The molecule has 0 unspecified atom stereocenters. The standard InChI is InChI=1S/C13H15N3/c1-16-13-10(6-4-8-12(13)15)9-5-2-3-7-11(9)14/h2-8,16H,14-15H2,1H3. The molecule has 3 nitrogen and oxygen atoms in total. The van der Waals surface area contributed by atoms with Gasteiger partial charge in [0.2, 0.25) is 0 Å².